The number of rotatable bonds is 3. The Morgan fingerprint density at radius 3 is 2.59 bits per heavy atom. The lowest BCUT2D eigenvalue weighted by molar-refractivity contribution is -0.00333. The van der Waals surface area contributed by atoms with Gasteiger partial charge in [0, 0.05) is 6.61 Å². The first kappa shape index (κ1) is 11.2. The number of aliphatic hydroxyl groups is 1. The van der Waals surface area contributed by atoms with Crippen LogP contribution in [0.1, 0.15) is 55.3 Å². The Morgan fingerprint density at radius 2 is 1.94 bits per heavy atom. The molecule has 2 aliphatic rings. The predicted molar refractivity (Wildman–Crippen MR) is 67.0 cm³/mol. The maximum absolute atomic E-state index is 10.4. The van der Waals surface area contributed by atoms with Crippen LogP contribution in [-0.4, -0.2) is 17.8 Å². The van der Waals surface area contributed by atoms with Gasteiger partial charge in [0.25, 0.3) is 0 Å². The van der Waals surface area contributed by atoms with Gasteiger partial charge in [0.1, 0.15) is 6.10 Å². The van der Waals surface area contributed by atoms with Crippen LogP contribution in [0.3, 0.4) is 0 Å². The first-order valence-electron chi connectivity index (χ1n) is 6.75. The van der Waals surface area contributed by atoms with Crippen molar-refractivity contribution in [2.24, 2.45) is 0 Å². The second-order valence-electron chi connectivity index (χ2n) is 5.25. The molecular weight excluding hydrogens is 212 g/mol. The first-order chi connectivity index (χ1) is 8.36. The number of aliphatic hydroxyl groups excluding tert-OH is 1. The number of ether oxygens (including phenoxy) is 1. The summed E-state index contributed by atoms with van der Waals surface area (Å²) in [4.78, 5) is 0. The van der Waals surface area contributed by atoms with Crippen LogP contribution in [0.5, 0.6) is 0 Å². The topological polar surface area (TPSA) is 29.5 Å². The molecule has 2 heteroatoms. The minimum atomic E-state index is -0.436. The molecule has 1 saturated carbocycles. The van der Waals surface area contributed by atoms with Gasteiger partial charge >= 0.3 is 0 Å². The molecule has 0 amide bonds. The van der Waals surface area contributed by atoms with E-state index in [4.69, 9.17) is 4.74 Å². The summed E-state index contributed by atoms with van der Waals surface area (Å²) >= 11 is 0. The van der Waals surface area contributed by atoms with E-state index in [0.717, 1.165) is 25.0 Å². The largest absolute Gasteiger partial charge is 0.386 e. The summed E-state index contributed by atoms with van der Waals surface area (Å²) < 4.78 is 5.61. The van der Waals surface area contributed by atoms with E-state index in [1.807, 2.05) is 6.07 Å². The molecule has 2 fully saturated rings. The highest BCUT2D eigenvalue weighted by atomic mass is 16.5. The SMILES string of the molecule is OC(c1ccccc1C1CCC1)C1CCCO1. The highest BCUT2D eigenvalue weighted by Crippen LogP contribution is 2.40. The fourth-order valence-corrected chi connectivity index (χ4v) is 2.92. The third-order valence-electron chi connectivity index (χ3n) is 4.18. The van der Waals surface area contributed by atoms with E-state index >= 15 is 0 Å². The molecule has 1 aliphatic carbocycles. The molecule has 1 heterocycles. The fourth-order valence-electron chi connectivity index (χ4n) is 2.92. The minimum Gasteiger partial charge on any atom is -0.386 e. The predicted octanol–water partition coefficient (Wildman–Crippen LogP) is 3.17. The van der Waals surface area contributed by atoms with Crippen LogP contribution in [-0.2, 0) is 4.74 Å². The van der Waals surface area contributed by atoms with Crippen molar-refractivity contribution in [2.45, 2.75) is 50.2 Å². The molecule has 1 aromatic rings. The summed E-state index contributed by atoms with van der Waals surface area (Å²) in [7, 11) is 0. The van der Waals surface area contributed by atoms with E-state index in [9.17, 15) is 5.11 Å². The second kappa shape index (κ2) is 4.79. The van der Waals surface area contributed by atoms with Gasteiger partial charge < -0.3 is 9.84 Å². The number of benzene rings is 1. The summed E-state index contributed by atoms with van der Waals surface area (Å²) in [6.45, 7) is 0.799. The van der Waals surface area contributed by atoms with Gasteiger partial charge in [-0.3, -0.25) is 0 Å². The molecule has 0 bridgehead atoms. The van der Waals surface area contributed by atoms with Crippen LogP contribution < -0.4 is 0 Å². The lowest BCUT2D eigenvalue weighted by Crippen LogP contribution is -2.20. The van der Waals surface area contributed by atoms with E-state index in [-0.39, 0.29) is 6.10 Å². The molecule has 2 nitrogen and oxygen atoms in total. The van der Waals surface area contributed by atoms with Crippen LogP contribution in [0, 0.1) is 0 Å². The average Bonchev–Trinajstić information content (AvgIpc) is 2.80. The van der Waals surface area contributed by atoms with Gasteiger partial charge in [0.15, 0.2) is 0 Å². The molecule has 3 rings (SSSR count). The third kappa shape index (κ3) is 2.12. The van der Waals surface area contributed by atoms with Crippen molar-refractivity contribution in [1.29, 1.82) is 0 Å². The van der Waals surface area contributed by atoms with E-state index in [1.54, 1.807) is 0 Å². The van der Waals surface area contributed by atoms with Crippen molar-refractivity contribution in [3.8, 4) is 0 Å². The van der Waals surface area contributed by atoms with Crippen molar-refractivity contribution in [3.05, 3.63) is 35.4 Å². The van der Waals surface area contributed by atoms with Gasteiger partial charge in [-0.1, -0.05) is 30.7 Å². The molecule has 92 valence electrons. The van der Waals surface area contributed by atoms with Crippen LogP contribution in [0.4, 0.5) is 0 Å². The average molecular weight is 232 g/mol. The van der Waals surface area contributed by atoms with Crippen LogP contribution in [0.25, 0.3) is 0 Å². The zero-order valence-corrected chi connectivity index (χ0v) is 10.1. The maximum atomic E-state index is 10.4. The van der Waals surface area contributed by atoms with Crippen molar-refractivity contribution in [2.75, 3.05) is 6.61 Å². The van der Waals surface area contributed by atoms with Crippen LogP contribution in [0.2, 0.25) is 0 Å². The normalized spacial score (nSPS) is 26.8. The number of hydrogen-bond donors (Lipinski definition) is 1. The molecule has 2 atom stereocenters. The van der Waals surface area contributed by atoms with Crippen LogP contribution in [0.15, 0.2) is 24.3 Å². The molecule has 0 radical (unpaired) electrons. The zero-order valence-electron chi connectivity index (χ0n) is 10.1. The molecule has 1 N–H and O–H groups in total. The van der Waals surface area contributed by atoms with Gasteiger partial charge in [-0.25, -0.2) is 0 Å². The minimum absolute atomic E-state index is 0.0104. The highest BCUT2D eigenvalue weighted by molar-refractivity contribution is 5.34. The van der Waals surface area contributed by atoms with Gasteiger partial charge in [-0.15, -0.1) is 0 Å². The lowest BCUT2D eigenvalue weighted by atomic mass is 9.77. The van der Waals surface area contributed by atoms with E-state index in [2.05, 4.69) is 18.2 Å². The molecule has 0 aromatic heterocycles. The summed E-state index contributed by atoms with van der Waals surface area (Å²) in [5.74, 6) is 0.669. The first-order valence-corrected chi connectivity index (χ1v) is 6.75. The molecular formula is C15H20O2. The van der Waals surface area contributed by atoms with Gasteiger partial charge in [-0.05, 0) is 42.7 Å². The smallest absolute Gasteiger partial charge is 0.105 e. The Labute approximate surface area is 103 Å². The van der Waals surface area contributed by atoms with Crippen molar-refractivity contribution in [3.63, 3.8) is 0 Å². The summed E-state index contributed by atoms with van der Waals surface area (Å²) in [5, 5.41) is 10.4. The third-order valence-corrected chi connectivity index (χ3v) is 4.18. The van der Waals surface area contributed by atoms with Crippen molar-refractivity contribution >= 4 is 0 Å². The fraction of sp³-hybridized carbons (Fsp3) is 0.600. The van der Waals surface area contributed by atoms with E-state index in [1.165, 1.54) is 24.8 Å². The maximum Gasteiger partial charge on any atom is 0.105 e. The molecule has 17 heavy (non-hydrogen) atoms. The van der Waals surface area contributed by atoms with Crippen LogP contribution >= 0.6 is 0 Å². The molecule has 1 aromatic carbocycles. The molecule has 0 spiro atoms. The van der Waals surface area contributed by atoms with Gasteiger partial charge in [0.05, 0.1) is 6.10 Å². The molecule has 1 saturated heterocycles. The summed E-state index contributed by atoms with van der Waals surface area (Å²) in [6.07, 6.45) is 5.51. The van der Waals surface area contributed by atoms with E-state index < -0.39 is 6.10 Å². The Morgan fingerprint density at radius 1 is 1.12 bits per heavy atom. The Hall–Kier alpha value is -0.860. The van der Waals surface area contributed by atoms with Gasteiger partial charge in [-0.2, -0.15) is 0 Å². The standard InChI is InChI=1S/C15H20O2/c16-15(14-9-4-10-17-14)13-8-2-1-7-12(13)11-5-3-6-11/h1-2,7-8,11,14-16H,3-6,9-10H2. The number of hydrogen-bond acceptors (Lipinski definition) is 2. The lowest BCUT2D eigenvalue weighted by Gasteiger charge is -2.30. The highest BCUT2D eigenvalue weighted by Gasteiger charge is 2.30. The Bertz CT molecular complexity index is 378. The quantitative estimate of drug-likeness (QED) is 0.867. The van der Waals surface area contributed by atoms with E-state index in [0.29, 0.717) is 5.92 Å². The monoisotopic (exact) mass is 232 g/mol. The Balaban J connectivity index is 1.84. The molecule has 1 aliphatic heterocycles. The van der Waals surface area contributed by atoms with Crippen molar-refractivity contribution < 1.29 is 9.84 Å². The summed E-state index contributed by atoms with van der Waals surface area (Å²) in [5.41, 5.74) is 2.45. The Kier molecular flexibility index (Phi) is 3.17. The zero-order chi connectivity index (χ0) is 11.7. The van der Waals surface area contributed by atoms with Gasteiger partial charge in [0.2, 0.25) is 0 Å². The second-order valence-corrected chi connectivity index (χ2v) is 5.25. The van der Waals surface area contributed by atoms with Crippen molar-refractivity contribution in [1.82, 2.24) is 0 Å². The summed E-state index contributed by atoms with van der Waals surface area (Å²) in [6, 6.07) is 8.35. The molecule has 2 unspecified atom stereocenters.